The van der Waals surface area contributed by atoms with Crippen molar-refractivity contribution in [3.8, 4) is 6.19 Å². The largest absolute Gasteiger partial charge is 0.277 e. The minimum absolute atomic E-state index is 0.468. The van der Waals surface area contributed by atoms with E-state index >= 15 is 0 Å². The number of aliphatic imine (C=N–C) groups is 1. The Morgan fingerprint density at radius 3 is 2.74 bits per heavy atom. The Morgan fingerprint density at radius 1 is 1.32 bits per heavy atom. The van der Waals surface area contributed by atoms with E-state index in [0.717, 1.165) is 11.1 Å². The van der Waals surface area contributed by atoms with Gasteiger partial charge < -0.3 is 0 Å². The number of hydrogen-bond donors (Lipinski definition) is 1. The number of nitrogens with zero attached hydrogens (tertiary/aromatic N) is 3. The SMILES string of the molecule is N#CNC(=NCc1ccc(Cl)cc1)c1cccnc1. The molecule has 0 bridgehead atoms. The molecule has 1 heterocycles. The Labute approximate surface area is 116 Å². The average molecular weight is 271 g/mol. The molecule has 0 amide bonds. The van der Waals surface area contributed by atoms with Crippen molar-refractivity contribution in [1.82, 2.24) is 10.3 Å². The monoisotopic (exact) mass is 270 g/mol. The van der Waals surface area contributed by atoms with E-state index < -0.39 is 0 Å². The summed E-state index contributed by atoms with van der Waals surface area (Å²) in [6.45, 7) is 0.468. The Kier molecular flexibility index (Phi) is 4.49. The van der Waals surface area contributed by atoms with Gasteiger partial charge in [-0.3, -0.25) is 15.3 Å². The summed E-state index contributed by atoms with van der Waals surface area (Å²) in [7, 11) is 0. The number of benzene rings is 1. The predicted octanol–water partition coefficient (Wildman–Crippen LogP) is 2.75. The second kappa shape index (κ2) is 6.53. The zero-order valence-corrected chi connectivity index (χ0v) is 10.8. The lowest BCUT2D eigenvalue weighted by Crippen LogP contribution is -2.19. The standard InChI is InChI=1S/C14H11ClN4/c15-13-5-3-11(4-6-13)8-18-14(19-10-16)12-2-1-7-17-9-12/h1-7,9H,8H2,(H,18,19). The molecule has 1 N–H and O–H groups in total. The van der Waals surface area contributed by atoms with Gasteiger partial charge in [-0.1, -0.05) is 23.7 Å². The van der Waals surface area contributed by atoms with Crippen LogP contribution in [0.1, 0.15) is 11.1 Å². The van der Waals surface area contributed by atoms with Gasteiger partial charge in [-0.15, -0.1) is 0 Å². The summed E-state index contributed by atoms with van der Waals surface area (Å²) in [5, 5.41) is 12.0. The van der Waals surface area contributed by atoms with Crippen LogP contribution in [0.25, 0.3) is 0 Å². The molecule has 5 heteroatoms. The van der Waals surface area contributed by atoms with Crippen LogP contribution >= 0.6 is 11.6 Å². The Bertz CT molecular complexity index is 600. The van der Waals surface area contributed by atoms with Crippen LogP contribution in [-0.4, -0.2) is 10.8 Å². The van der Waals surface area contributed by atoms with Gasteiger partial charge >= 0.3 is 0 Å². The summed E-state index contributed by atoms with van der Waals surface area (Å²) >= 11 is 5.82. The fourth-order valence-electron chi connectivity index (χ4n) is 1.52. The first-order valence-electron chi connectivity index (χ1n) is 5.64. The van der Waals surface area contributed by atoms with E-state index in [1.165, 1.54) is 0 Å². The van der Waals surface area contributed by atoms with Crippen molar-refractivity contribution in [1.29, 1.82) is 5.26 Å². The van der Waals surface area contributed by atoms with E-state index in [1.807, 2.05) is 36.5 Å². The second-order valence-electron chi connectivity index (χ2n) is 3.77. The molecule has 0 atom stereocenters. The fraction of sp³-hybridized carbons (Fsp3) is 0.0714. The molecule has 0 aliphatic heterocycles. The highest BCUT2D eigenvalue weighted by molar-refractivity contribution is 6.30. The third kappa shape index (κ3) is 3.80. The molecule has 4 nitrogen and oxygen atoms in total. The summed E-state index contributed by atoms with van der Waals surface area (Å²) in [5.41, 5.74) is 1.79. The molecule has 1 aromatic carbocycles. The highest BCUT2D eigenvalue weighted by Gasteiger charge is 2.02. The number of aromatic nitrogens is 1. The quantitative estimate of drug-likeness (QED) is 0.404. The van der Waals surface area contributed by atoms with Crippen molar-refractivity contribution >= 4 is 17.4 Å². The van der Waals surface area contributed by atoms with Crippen molar-refractivity contribution in [3.63, 3.8) is 0 Å². The number of nitrogens with one attached hydrogen (secondary N) is 1. The minimum atomic E-state index is 0.468. The van der Waals surface area contributed by atoms with Crippen LogP contribution in [0.15, 0.2) is 53.8 Å². The van der Waals surface area contributed by atoms with Gasteiger partial charge in [0.15, 0.2) is 6.19 Å². The molecule has 94 valence electrons. The van der Waals surface area contributed by atoms with Crippen molar-refractivity contribution in [3.05, 3.63) is 64.9 Å². The Morgan fingerprint density at radius 2 is 2.11 bits per heavy atom. The highest BCUT2D eigenvalue weighted by Crippen LogP contribution is 2.10. The summed E-state index contributed by atoms with van der Waals surface area (Å²) < 4.78 is 0. The van der Waals surface area contributed by atoms with Gasteiger partial charge in [0.2, 0.25) is 0 Å². The smallest absolute Gasteiger partial charge is 0.182 e. The average Bonchev–Trinajstić information content (AvgIpc) is 2.46. The molecule has 0 saturated carbocycles. The summed E-state index contributed by atoms with van der Waals surface area (Å²) in [5.74, 6) is 0.505. The van der Waals surface area contributed by atoms with Crippen molar-refractivity contribution in [2.24, 2.45) is 4.99 Å². The molecule has 0 radical (unpaired) electrons. The van der Waals surface area contributed by atoms with Crippen LogP contribution in [0, 0.1) is 11.5 Å². The molecule has 0 fully saturated rings. The van der Waals surface area contributed by atoms with E-state index in [2.05, 4.69) is 15.3 Å². The summed E-state index contributed by atoms with van der Waals surface area (Å²) in [6.07, 6.45) is 5.21. The van der Waals surface area contributed by atoms with E-state index in [4.69, 9.17) is 16.9 Å². The normalized spacial score (nSPS) is 10.8. The maximum atomic E-state index is 8.75. The van der Waals surface area contributed by atoms with Crippen LogP contribution in [0.5, 0.6) is 0 Å². The van der Waals surface area contributed by atoms with Crippen LogP contribution in [-0.2, 0) is 6.54 Å². The zero-order chi connectivity index (χ0) is 13.5. The minimum Gasteiger partial charge on any atom is -0.277 e. The number of hydrogen-bond acceptors (Lipinski definition) is 3. The van der Waals surface area contributed by atoms with E-state index in [-0.39, 0.29) is 0 Å². The first kappa shape index (κ1) is 13.1. The first-order chi connectivity index (χ1) is 9.29. The first-order valence-corrected chi connectivity index (χ1v) is 6.02. The molecule has 0 unspecified atom stereocenters. The molecule has 0 spiro atoms. The maximum Gasteiger partial charge on any atom is 0.182 e. The molecule has 2 rings (SSSR count). The molecule has 0 aliphatic rings. The number of halogens is 1. The molecule has 0 aliphatic carbocycles. The van der Waals surface area contributed by atoms with Gasteiger partial charge in [-0.05, 0) is 29.8 Å². The Hall–Kier alpha value is -2.38. The number of pyridine rings is 1. The molecular weight excluding hydrogens is 260 g/mol. The third-order valence-corrected chi connectivity index (χ3v) is 2.69. The lowest BCUT2D eigenvalue weighted by atomic mass is 10.2. The molecule has 19 heavy (non-hydrogen) atoms. The summed E-state index contributed by atoms with van der Waals surface area (Å²) in [4.78, 5) is 8.39. The predicted molar refractivity (Wildman–Crippen MR) is 74.7 cm³/mol. The van der Waals surface area contributed by atoms with Crippen molar-refractivity contribution < 1.29 is 0 Å². The van der Waals surface area contributed by atoms with Gasteiger partial charge in [-0.25, -0.2) is 0 Å². The summed E-state index contributed by atoms with van der Waals surface area (Å²) in [6, 6.07) is 11.1. The van der Waals surface area contributed by atoms with Gasteiger partial charge in [0, 0.05) is 23.0 Å². The van der Waals surface area contributed by atoms with Crippen molar-refractivity contribution in [2.45, 2.75) is 6.54 Å². The van der Waals surface area contributed by atoms with Crippen LogP contribution < -0.4 is 5.32 Å². The third-order valence-electron chi connectivity index (χ3n) is 2.44. The van der Waals surface area contributed by atoms with Gasteiger partial charge in [0.25, 0.3) is 0 Å². The van der Waals surface area contributed by atoms with E-state index in [9.17, 15) is 0 Å². The van der Waals surface area contributed by atoms with Crippen LogP contribution in [0.4, 0.5) is 0 Å². The lowest BCUT2D eigenvalue weighted by molar-refractivity contribution is 1.04. The fourth-order valence-corrected chi connectivity index (χ4v) is 1.64. The zero-order valence-electron chi connectivity index (χ0n) is 10.0. The van der Waals surface area contributed by atoms with Crippen LogP contribution in [0.3, 0.4) is 0 Å². The second-order valence-corrected chi connectivity index (χ2v) is 4.21. The molecular formula is C14H11ClN4. The number of nitriles is 1. The lowest BCUT2D eigenvalue weighted by Gasteiger charge is -2.04. The van der Waals surface area contributed by atoms with E-state index in [1.54, 1.807) is 18.5 Å². The van der Waals surface area contributed by atoms with Gasteiger partial charge in [0.1, 0.15) is 5.84 Å². The van der Waals surface area contributed by atoms with Gasteiger partial charge in [0.05, 0.1) is 6.54 Å². The molecule has 2 aromatic rings. The van der Waals surface area contributed by atoms with Crippen molar-refractivity contribution in [2.75, 3.05) is 0 Å². The Balaban J connectivity index is 2.18. The number of amidine groups is 1. The molecule has 1 aromatic heterocycles. The topological polar surface area (TPSA) is 61.1 Å². The maximum absolute atomic E-state index is 8.75. The highest BCUT2D eigenvalue weighted by atomic mass is 35.5. The number of rotatable bonds is 3. The van der Waals surface area contributed by atoms with E-state index in [0.29, 0.717) is 17.4 Å². The van der Waals surface area contributed by atoms with Gasteiger partial charge in [-0.2, -0.15) is 5.26 Å². The van der Waals surface area contributed by atoms with Crippen LogP contribution in [0.2, 0.25) is 5.02 Å². The molecule has 0 saturated heterocycles.